The number of nitrogens with two attached hydrogens (primary N) is 1. The van der Waals surface area contributed by atoms with Crippen molar-refractivity contribution in [2.45, 2.75) is 36.8 Å². The average Bonchev–Trinajstić information content (AvgIpc) is 3.48. The van der Waals surface area contributed by atoms with E-state index in [0.717, 1.165) is 5.56 Å². The van der Waals surface area contributed by atoms with E-state index in [2.05, 4.69) is 5.16 Å². The van der Waals surface area contributed by atoms with E-state index < -0.39 is 32.0 Å². The molecule has 5 rings (SSSR count). The van der Waals surface area contributed by atoms with E-state index in [1.165, 1.54) is 3.97 Å². The van der Waals surface area contributed by atoms with Gasteiger partial charge >= 0.3 is 0 Å². The second-order valence-corrected chi connectivity index (χ2v) is 11.6. The molecule has 2 N–H and O–H groups in total. The monoisotopic (exact) mass is 471 g/mol. The normalized spacial score (nSPS) is 15.5. The fraction of sp³-hybridized carbons (Fsp3) is 0.273. The lowest BCUT2D eigenvalue weighted by Gasteiger charge is -2.11. The molecule has 2 heterocycles. The molecule has 0 bridgehead atoms. The Kier molecular flexibility index (Phi) is 4.58. The SMILES string of the molecule is Cc1noc(C)c1-c1cc(C(N)=O)c2c(c1)c1cc(S(C)=O)ccc1n2S(=O)(=O)C1CC1. The number of nitrogens with zero attached hydrogens (tertiary/aromatic N) is 2. The fourth-order valence-electron chi connectivity index (χ4n) is 4.27. The average molecular weight is 472 g/mol. The van der Waals surface area contributed by atoms with Crippen LogP contribution in [-0.4, -0.2) is 39.2 Å². The Bertz CT molecular complexity index is 1560. The number of fused-ring (bicyclic) bond motifs is 3. The molecule has 8 nitrogen and oxygen atoms in total. The van der Waals surface area contributed by atoms with Gasteiger partial charge in [0.2, 0.25) is 10.0 Å². The van der Waals surface area contributed by atoms with Crippen molar-refractivity contribution >= 4 is 48.5 Å². The molecule has 1 fully saturated rings. The van der Waals surface area contributed by atoms with Gasteiger partial charge in [0.15, 0.2) is 0 Å². The van der Waals surface area contributed by atoms with Gasteiger partial charge in [-0.1, -0.05) is 5.16 Å². The third kappa shape index (κ3) is 3.01. The van der Waals surface area contributed by atoms with E-state index in [1.54, 1.807) is 44.4 Å². The van der Waals surface area contributed by atoms with Gasteiger partial charge in [0.25, 0.3) is 5.91 Å². The van der Waals surface area contributed by atoms with Crippen LogP contribution in [0.2, 0.25) is 0 Å². The highest BCUT2D eigenvalue weighted by Crippen LogP contribution is 2.41. The van der Waals surface area contributed by atoms with Crippen molar-refractivity contribution in [1.29, 1.82) is 0 Å². The van der Waals surface area contributed by atoms with Gasteiger partial charge in [-0.3, -0.25) is 9.00 Å². The second-order valence-electron chi connectivity index (χ2n) is 8.13. The summed E-state index contributed by atoms with van der Waals surface area (Å²) in [5.41, 5.74) is 8.52. The summed E-state index contributed by atoms with van der Waals surface area (Å²) in [5, 5.41) is 4.63. The minimum absolute atomic E-state index is 0.0945. The number of benzene rings is 2. The van der Waals surface area contributed by atoms with Crippen molar-refractivity contribution in [3.05, 3.63) is 47.3 Å². The Labute approximate surface area is 186 Å². The molecule has 0 radical (unpaired) electrons. The van der Waals surface area contributed by atoms with E-state index in [9.17, 15) is 17.4 Å². The molecule has 1 amide bonds. The highest BCUT2D eigenvalue weighted by molar-refractivity contribution is 7.91. The summed E-state index contributed by atoms with van der Waals surface area (Å²) >= 11 is 0. The minimum Gasteiger partial charge on any atom is -0.366 e. The molecule has 0 saturated heterocycles. The summed E-state index contributed by atoms with van der Waals surface area (Å²) in [6.07, 6.45) is 2.71. The van der Waals surface area contributed by atoms with E-state index in [-0.39, 0.29) is 11.1 Å². The van der Waals surface area contributed by atoms with Crippen LogP contribution in [-0.2, 0) is 20.8 Å². The van der Waals surface area contributed by atoms with Crippen molar-refractivity contribution in [3.63, 3.8) is 0 Å². The number of aromatic nitrogens is 2. The van der Waals surface area contributed by atoms with Gasteiger partial charge in [0, 0.05) is 38.3 Å². The van der Waals surface area contributed by atoms with Crippen molar-refractivity contribution in [2.75, 3.05) is 6.26 Å². The molecule has 32 heavy (non-hydrogen) atoms. The number of carbonyl (C=O) groups is 1. The van der Waals surface area contributed by atoms with Crippen LogP contribution in [0.1, 0.15) is 34.7 Å². The maximum atomic E-state index is 13.4. The van der Waals surface area contributed by atoms with Crippen LogP contribution in [0.3, 0.4) is 0 Å². The molecular weight excluding hydrogens is 450 g/mol. The first-order valence-electron chi connectivity index (χ1n) is 10.0. The standard InChI is InChI=1S/C22H21N3O5S2/c1-11-20(12(2)30-24-11)13-8-17-16-10-14(31(3)27)4-7-19(16)25(32(28,29)15-5-6-15)21(17)18(9-13)22(23)26/h4,7-10,15H,5-6H2,1-3H3,(H2,23,26). The topological polar surface area (TPSA) is 125 Å². The first-order valence-corrected chi connectivity index (χ1v) is 13.1. The van der Waals surface area contributed by atoms with Crippen LogP contribution in [0.5, 0.6) is 0 Å². The Hall–Kier alpha value is -2.98. The number of hydrogen-bond donors (Lipinski definition) is 1. The lowest BCUT2D eigenvalue weighted by molar-refractivity contribution is 0.100. The van der Waals surface area contributed by atoms with E-state index >= 15 is 0 Å². The molecule has 4 aromatic rings. The first-order chi connectivity index (χ1) is 15.1. The zero-order chi connectivity index (χ0) is 22.9. The molecule has 1 atom stereocenters. The van der Waals surface area contributed by atoms with Crippen molar-refractivity contribution in [2.24, 2.45) is 5.73 Å². The van der Waals surface area contributed by atoms with Gasteiger partial charge in [0.05, 0.1) is 27.5 Å². The van der Waals surface area contributed by atoms with Crippen LogP contribution in [0.4, 0.5) is 0 Å². The molecule has 2 aromatic heterocycles. The van der Waals surface area contributed by atoms with Gasteiger partial charge in [-0.05, 0) is 62.6 Å². The molecule has 1 aliphatic carbocycles. The highest BCUT2D eigenvalue weighted by Gasteiger charge is 2.39. The van der Waals surface area contributed by atoms with Crippen molar-refractivity contribution in [3.8, 4) is 11.1 Å². The highest BCUT2D eigenvalue weighted by atomic mass is 32.2. The molecule has 1 saturated carbocycles. The van der Waals surface area contributed by atoms with Gasteiger partial charge in [-0.2, -0.15) is 0 Å². The number of primary amides is 1. The summed E-state index contributed by atoms with van der Waals surface area (Å²) in [6.45, 7) is 3.56. The number of aryl methyl sites for hydroxylation is 2. The van der Waals surface area contributed by atoms with Gasteiger partial charge < -0.3 is 10.3 Å². The third-order valence-electron chi connectivity index (χ3n) is 5.91. The third-order valence-corrected chi connectivity index (χ3v) is 9.03. The number of hydrogen-bond acceptors (Lipinski definition) is 6. The molecular formula is C22H21N3O5S2. The van der Waals surface area contributed by atoms with Crippen molar-refractivity contribution < 1.29 is 21.9 Å². The summed E-state index contributed by atoms with van der Waals surface area (Å²) < 4.78 is 45.5. The summed E-state index contributed by atoms with van der Waals surface area (Å²) in [5.74, 6) is -0.167. The predicted octanol–water partition coefficient (Wildman–Crippen LogP) is 3.24. The molecule has 2 aromatic carbocycles. The zero-order valence-corrected chi connectivity index (χ0v) is 19.3. The maximum absolute atomic E-state index is 13.4. The largest absolute Gasteiger partial charge is 0.366 e. The number of carbonyl (C=O) groups excluding carboxylic acids is 1. The molecule has 10 heteroatoms. The van der Waals surface area contributed by atoms with Gasteiger partial charge in [-0.15, -0.1) is 0 Å². The van der Waals surface area contributed by atoms with Crippen LogP contribution < -0.4 is 5.73 Å². The Balaban J connectivity index is 2.00. The van der Waals surface area contributed by atoms with Gasteiger partial charge in [-0.25, -0.2) is 12.4 Å². The van der Waals surface area contributed by atoms with Crippen LogP contribution in [0.15, 0.2) is 39.8 Å². The lowest BCUT2D eigenvalue weighted by atomic mass is 9.98. The van der Waals surface area contributed by atoms with E-state index in [1.807, 2.05) is 6.07 Å². The van der Waals surface area contributed by atoms with Crippen molar-refractivity contribution in [1.82, 2.24) is 9.13 Å². The first kappa shape index (κ1) is 20.9. The van der Waals surface area contributed by atoms with E-state index in [4.69, 9.17) is 10.3 Å². The molecule has 166 valence electrons. The molecule has 1 aliphatic rings. The number of amides is 1. The van der Waals surface area contributed by atoms with Crippen LogP contribution >= 0.6 is 0 Å². The maximum Gasteiger partial charge on any atom is 0.250 e. The molecule has 0 spiro atoms. The zero-order valence-electron chi connectivity index (χ0n) is 17.7. The van der Waals surface area contributed by atoms with E-state index in [0.29, 0.717) is 51.0 Å². The summed E-state index contributed by atoms with van der Waals surface area (Å²) in [6, 6.07) is 8.42. The Morgan fingerprint density at radius 3 is 2.47 bits per heavy atom. The summed E-state index contributed by atoms with van der Waals surface area (Å²) in [4.78, 5) is 13.1. The van der Waals surface area contributed by atoms with Crippen LogP contribution in [0, 0.1) is 13.8 Å². The smallest absolute Gasteiger partial charge is 0.250 e. The molecule has 1 unspecified atom stereocenters. The van der Waals surface area contributed by atoms with Gasteiger partial charge in [0.1, 0.15) is 5.76 Å². The minimum atomic E-state index is -3.75. The summed E-state index contributed by atoms with van der Waals surface area (Å²) in [7, 11) is -5.01. The predicted molar refractivity (Wildman–Crippen MR) is 123 cm³/mol. The fourth-order valence-corrected chi connectivity index (χ4v) is 6.73. The lowest BCUT2D eigenvalue weighted by Crippen LogP contribution is -2.20. The molecule has 0 aliphatic heterocycles. The quantitative estimate of drug-likeness (QED) is 0.476. The second kappa shape index (κ2) is 7.01. The number of rotatable bonds is 5. The Morgan fingerprint density at radius 2 is 1.91 bits per heavy atom. The Morgan fingerprint density at radius 1 is 1.19 bits per heavy atom. The van der Waals surface area contributed by atoms with Crippen LogP contribution in [0.25, 0.3) is 32.9 Å².